The molecule has 72 valence electrons. The third kappa shape index (κ3) is 1.42. The summed E-state index contributed by atoms with van der Waals surface area (Å²) in [5, 5.41) is 10.2. The number of rotatable bonds is 2. The fraction of sp³-hybridized carbons (Fsp3) is 0.125. The van der Waals surface area contributed by atoms with Gasteiger partial charge in [0.05, 0.1) is 7.11 Å². The van der Waals surface area contributed by atoms with Gasteiger partial charge in [0.15, 0.2) is 0 Å². The lowest BCUT2D eigenvalue weighted by Crippen LogP contribution is -2.21. The van der Waals surface area contributed by atoms with Gasteiger partial charge in [0.2, 0.25) is 0 Å². The van der Waals surface area contributed by atoms with E-state index in [0.29, 0.717) is 11.1 Å². The molecular weight excluding hydrogens is 184 g/mol. The van der Waals surface area contributed by atoms with Crippen LogP contribution >= 0.6 is 0 Å². The first kappa shape index (κ1) is 8.64. The van der Waals surface area contributed by atoms with E-state index in [1.165, 1.54) is 7.11 Å². The van der Waals surface area contributed by atoms with Crippen LogP contribution in [0.25, 0.3) is 11.0 Å². The van der Waals surface area contributed by atoms with Gasteiger partial charge < -0.3 is 0 Å². The molecule has 1 amide bonds. The maximum absolute atomic E-state index is 11.3. The van der Waals surface area contributed by atoms with E-state index >= 15 is 0 Å². The summed E-state index contributed by atoms with van der Waals surface area (Å²) in [6, 6.07) is 5.00. The third-order valence-corrected chi connectivity index (χ3v) is 1.77. The van der Waals surface area contributed by atoms with E-state index in [4.69, 9.17) is 0 Å². The number of carbonyl (C=O) groups excluding carboxylic acids is 1. The highest BCUT2D eigenvalue weighted by Crippen LogP contribution is 2.10. The summed E-state index contributed by atoms with van der Waals surface area (Å²) < 4.78 is 0. The van der Waals surface area contributed by atoms with E-state index in [9.17, 15) is 4.79 Å². The smallest absolute Gasteiger partial charge is 0.274 e. The Balaban J connectivity index is 2.38. The van der Waals surface area contributed by atoms with Crippen molar-refractivity contribution >= 4 is 16.9 Å². The van der Waals surface area contributed by atoms with Crippen molar-refractivity contribution in [2.75, 3.05) is 7.11 Å². The number of hydroxylamine groups is 1. The number of hydrogen-bond donors (Lipinski definition) is 2. The average molecular weight is 192 g/mol. The highest BCUT2D eigenvalue weighted by Gasteiger charge is 2.06. The van der Waals surface area contributed by atoms with E-state index in [1.54, 1.807) is 18.2 Å². The second-order valence-electron chi connectivity index (χ2n) is 2.66. The Bertz CT molecular complexity index is 465. The Labute approximate surface area is 79.2 Å². The second kappa shape index (κ2) is 3.43. The van der Waals surface area contributed by atoms with Gasteiger partial charge in [-0.25, -0.2) is 5.48 Å². The molecular formula is C8H8N4O2. The fourth-order valence-corrected chi connectivity index (χ4v) is 1.13. The molecule has 0 saturated heterocycles. The van der Waals surface area contributed by atoms with Crippen LogP contribution in [0.5, 0.6) is 0 Å². The van der Waals surface area contributed by atoms with E-state index in [-0.39, 0.29) is 5.91 Å². The molecule has 2 rings (SSSR count). The maximum Gasteiger partial charge on any atom is 0.274 e. The standard InChI is InChI=1S/C8H8N4O2/c1-14-11-8(13)5-2-3-6-7(4-5)10-12-9-6/h2-4H,1H3,(H,11,13)(H,9,10,12). The van der Waals surface area contributed by atoms with Crippen molar-refractivity contribution in [2.45, 2.75) is 0 Å². The summed E-state index contributed by atoms with van der Waals surface area (Å²) in [6.45, 7) is 0. The molecule has 0 aliphatic rings. The quantitative estimate of drug-likeness (QED) is 0.668. The van der Waals surface area contributed by atoms with E-state index in [2.05, 4.69) is 25.7 Å². The third-order valence-electron chi connectivity index (χ3n) is 1.77. The van der Waals surface area contributed by atoms with Crippen LogP contribution < -0.4 is 5.48 Å². The largest absolute Gasteiger partial charge is 0.277 e. The number of H-pyrrole nitrogens is 1. The normalized spacial score (nSPS) is 10.4. The van der Waals surface area contributed by atoms with Crippen LogP contribution in [0.15, 0.2) is 18.2 Å². The number of aromatic amines is 1. The predicted octanol–water partition coefficient (Wildman–Crippen LogP) is 0.249. The molecule has 1 aromatic carbocycles. The van der Waals surface area contributed by atoms with Crippen molar-refractivity contribution in [2.24, 2.45) is 0 Å². The molecule has 2 N–H and O–H groups in total. The van der Waals surface area contributed by atoms with E-state index < -0.39 is 0 Å². The molecule has 0 fully saturated rings. The minimum atomic E-state index is -0.308. The SMILES string of the molecule is CONC(=O)c1ccc2n[nH]nc2c1. The summed E-state index contributed by atoms with van der Waals surface area (Å²) >= 11 is 0. The lowest BCUT2D eigenvalue weighted by Gasteiger charge is -2.00. The molecule has 1 aromatic heterocycles. The molecule has 6 heteroatoms. The second-order valence-corrected chi connectivity index (χ2v) is 2.66. The molecule has 0 bridgehead atoms. The molecule has 0 aliphatic carbocycles. The number of carbonyl (C=O) groups is 1. The van der Waals surface area contributed by atoms with Gasteiger partial charge in [0, 0.05) is 5.56 Å². The molecule has 0 saturated carbocycles. The first-order valence-electron chi connectivity index (χ1n) is 3.95. The lowest BCUT2D eigenvalue weighted by molar-refractivity contribution is 0.0538. The van der Waals surface area contributed by atoms with Crippen molar-refractivity contribution in [3.8, 4) is 0 Å². The van der Waals surface area contributed by atoms with E-state index in [0.717, 1.165) is 5.52 Å². The zero-order valence-corrected chi connectivity index (χ0v) is 7.44. The summed E-state index contributed by atoms with van der Waals surface area (Å²) in [7, 11) is 1.38. The summed E-state index contributed by atoms with van der Waals surface area (Å²) in [6.07, 6.45) is 0. The predicted molar refractivity (Wildman–Crippen MR) is 48.4 cm³/mol. The van der Waals surface area contributed by atoms with Gasteiger partial charge in [-0.3, -0.25) is 9.63 Å². The van der Waals surface area contributed by atoms with Crippen LogP contribution in [-0.2, 0) is 4.84 Å². The zero-order chi connectivity index (χ0) is 9.97. The Kier molecular flexibility index (Phi) is 2.11. The number of nitrogens with one attached hydrogen (secondary N) is 2. The Morgan fingerprint density at radius 1 is 1.43 bits per heavy atom. The summed E-state index contributed by atoms with van der Waals surface area (Å²) in [5.74, 6) is -0.308. The van der Waals surface area contributed by atoms with E-state index in [1.807, 2.05) is 0 Å². The first-order chi connectivity index (χ1) is 6.81. The summed E-state index contributed by atoms with van der Waals surface area (Å²) in [4.78, 5) is 15.8. The lowest BCUT2D eigenvalue weighted by atomic mass is 10.2. The molecule has 0 atom stereocenters. The van der Waals surface area contributed by atoms with Crippen LogP contribution in [0.4, 0.5) is 0 Å². The minimum absolute atomic E-state index is 0.308. The number of nitrogens with zero attached hydrogens (tertiary/aromatic N) is 2. The van der Waals surface area contributed by atoms with Crippen LogP contribution in [0.3, 0.4) is 0 Å². The van der Waals surface area contributed by atoms with Gasteiger partial charge in [-0.05, 0) is 18.2 Å². The molecule has 0 aliphatic heterocycles. The fourth-order valence-electron chi connectivity index (χ4n) is 1.13. The van der Waals surface area contributed by atoms with Gasteiger partial charge in [0.1, 0.15) is 11.0 Å². The van der Waals surface area contributed by atoms with Gasteiger partial charge in [-0.15, -0.1) is 0 Å². The average Bonchev–Trinajstić information content (AvgIpc) is 2.64. The molecule has 0 spiro atoms. The van der Waals surface area contributed by atoms with Crippen LogP contribution in [0.2, 0.25) is 0 Å². The van der Waals surface area contributed by atoms with Crippen molar-refractivity contribution in [3.05, 3.63) is 23.8 Å². The van der Waals surface area contributed by atoms with Gasteiger partial charge >= 0.3 is 0 Å². The molecule has 1 heterocycles. The highest BCUT2D eigenvalue weighted by molar-refractivity contribution is 5.96. The van der Waals surface area contributed by atoms with Crippen molar-refractivity contribution in [3.63, 3.8) is 0 Å². The van der Waals surface area contributed by atoms with Gasteiger partial charge in [0.25, 0.3) is 5.91 Å². The van der Waals surface area contributed by atoms with Crippen LogP contribution in [0.1, 0.15) is 10.4 Å². The topological polar surface area (TPSA) is 79.9 Å². The Morgan fingerprint density at radius 3 is 3.00 bits per heavy atom. The molecule has 14 heavy (non-hydrogen) atoms. The number of benzene rings is 1. The van der Waals surface area contributed by atoms with Gasteiger partial charge in [-0.1, -0.05) is 0 Å². The summed E-state index contributed by atoms with van der Waals surface area (Å²) in [5.41, 5.74) is 4.07. The monoisotopic (exact) mass is 192 g/mol. The minimum Gasteiger partial charge on any atom is -0.277 e. The number of aromatic nitrogens is 3. The van der Waals surface area contributed by atoms with Crippen molar-refractivity contribution in [1.29, 1.82) is 0 Å². The van der Waals surface area contributed by atoms with Crippen LogP contribution in [0, 0.1) is 0 Å². The Hall–Kier alpha value is -1.95. The maximum atomic E-state index is 11.3. The first-order valence-corrected chi connectivity index (χ1v) is 3.95. The number of hydrogen-bond acceptors (Lipinski definition) is 4. The van der Waals surface area contributed by atoms with Crippen LogP contribution in [-0.4, -0.2) is 28.4 Å². The van der Waals surface area contributed by atoms with Gasteiger partial charge in [-0.2, -0.15) is 15.4 Å². The molecule has 2 aromatic rings. The highest BCUT2D eigenvalue weighted by atomic mass is 16.6. The number of fused-ring (bicyclic) bond motifs is 1. The molecule has 0 radical (unpaired) electrons. The zero-order valence-electron chi connectivity index (χ0n) is 7.44. The van der Waals surface area contributed by atoms with Crippen molar-refractivity contribution < 1.29 is 9.63 Å². The molecule has 6 nitrogen and oxygen atoms in total. The number of amides is 1. The molecule has 0 unspecified atom stereocenters. The Morgan fingerprint density at radius 2 is 2.21 bits per heavy atom. The van der Waals surface area contributed by atoms with Crippen molar-refractivity contribution in [1.82, 2.24) is 20.9 Å².